The molecule has 3 nitrogen and oxygen atoms in total. The fourth-order valence-corrected chi connectivity index (χ4v) is 1.79. The van der Waals surface area contributed by atoms with Crippen molar-refractivity contribution in [2.75, 3.05) is 0 Å². The van der Waals surface area contributed by atoms with Crippen molar-refractivity contribution in [1.82, 2.24) is 4.57 Å². The standard InChI is InChI=1S/C14H23N3/c1-12(16)13-6-9-17(10-13)8-5-4-7-14(2,3)11-15/h6,9-10,12H,4-5,7-8,16H2,1-3H3. The Hall–Kier alpha value is -1.27. The lowest BCUT2D eigenvalue weighted by atomic mass is 9.89. The van der Waals surface area contributed by atoms with Crippen LogP contribution in [0.25, 0.3) is 0 Å². The molecule has 1 rings (SSSR count). The van der Waals surface area contributed by atoms with Crippen LogP contribution < -0.4 is 5.73 Å². The Bertz CT molecular complexity index is 382. The third-order valence-corrected chi connectivity index (χ3v) is 3.07. The molecule has 1 unspecified atom stereocenters. The molecule has 3 heteroatoms. The van der Waals surface area contributed by atoms with Gasteiger partial charge in [0.2, 0.25) is 0 Å². The summed E-state index contributed by atoms with van der Waals surface area (Å²) in [5, 5.41) is 8.91. The van der Waals surface area contributed by atoms with Crippen LogP contribution in [0.15, 0.2) is 18.5 Å². The zero-order chi connectivity index (χ0) is 12.9. The minimum atomic E-state index is -0.187. The smallest absolute Gasteiger partial charge is 0.0683 e. The van der Waals surface area contributed by atoms with Crippen molar-refractivity contribution in [1.29, 1.82) is 5.26 Å². The van der Waals surface area contributed by atoms with Crippen LogP contribution in [-0.4, -0.2) is 4.57 Å². The molecule has 0 spiro atoms. The van der Waals surface area contributed by atoms with Gasteiger partial charge >= 0.3 is 0 Å². The molecule has 0 aromatic carbocycles. The monoisotopic (exact) mass is 233 g/mol. The number of unbranched alkanes of at least 4 members (excludes halogenated alkanes) is 1. The Kier molecular flexibility index (Phi) is 4.77. The second-order valence-corrected chi connectivity index (χ2v) is 5.42. The highest BCUT2D eigenvalue weighted by molar-refractivity contribution is 5.13. The van der Waals surface area contributed by atoms with E-state index in [0.717, 1.165) is 25.8 Å². The average Bonchev–Trinajstić information content (AvgIpc) is 2.73. The molecule has 0 aliphatic rings. The van der Waals surface area contributed by atoms with E-state index in [9.17, 15) is 0 Å². The number of nitrogens with two attached hydrogens (primary N) is 1. The molecule has 17 heavy (non-hydrogen) atoms. The predicted molar refractivity (Wildman–Crippen MR) is 70.3 cm³/mol. The maximum atomic E-state index is 8.91. The second kappa shape index (κ2) is 5.88. The van der Waals surface area contributed by atoms with E-state index in [1.165, 1.54) is 5.56 Å². The van der Waals surface area contributed by atoms with E-state index < -0.39 is 0 Å². The number of aromatic nitrogens is 1. The number of aryl methyl sites for hydroxylation is 1. The molecule has 1 aromatic rings. The Morgan fingerprint density at radius 1 is 1.47 bits per heavy atom. The summed E-state index contributed by atoms with van der Waals surface area (Å²) < 4.78 is 2.18. The van der Waals surface area contributed by atoms with Crippen molar-refractivity contribution in [3.05, 3.63) is 24.0 Å². The summed E-state index contributed by atoms with van der Waals surface area (Å²) in [7, 11) is 0. The molecule has 0 aliphatic heterocycles. The van der Waals surface area contributed by atoms with Gasteiger partial charge in [-0.05, 0) is 45.2 Å². The molecule has 0 saturated carbocycles. The van der Waals surface area contributed by atoms with Crippen LogP contribution in [0.2, 0.25) is 0 Å². The van der Waals surface area contributed by atoms with Gasteiger partial charge in [-0.15, -0.1) is 0 Å². The summed E-state index contributed by atoms with van der Waals surface area (Å²) in [6, 6.07) is 4.51. The van der Waals surface area contributed by atoms with Gasteiger partial charge in [0.25, 0.3) is 0 Å². The molecule has 2 N–H and O–H groups in total. The summed E-state index contributed by atoms with van der Waals surface area (Å²) >= 11 is 0. The van der Waals surface area contributed by atoms with Crippen molar-refractivity contribution in [3.8, 4) is 6.07 Å². The van der Waals surface area contributed by atoms with Crippen molar-refractivity contribution >= 4 is 0 Å². The minimum Gasteiger partial charge on any atom is -0.354 e. The molecule has 1 atom stereocenters. The SMILES string of the molecule is CC(N)c1ccn(CCCCC(C)(C)C#N)c1. The molecular weight excluding hydrogens is 210 g/mol. The van der Waals surface area contributed by atoms with Gasteiger partial charge in [-0.1, -0.05) is 6.42 Å². The highest BCUT2D eigenvalue weighted by Crippen LogP contribution is 2.22. The molecule has 0 saturated heterocycles. The zero-order valence-electron chi connectivity index (χ0n) is 11.1. The first-order valence-electron chi connectivity index (χ1n) is 6.27. The molecule has 0 fully saturated rings. The van der Waals surface area contributed by atoms with Gasteiger partial charge in [0.05, 0.1) is 11.5 Å². The van der Waals surface area contributed by atoms with E-state index >= 15 is 0 Å². The maximum Gasteiger partial charge on any atom is 0.0683 e. The quantitative estimate of drug-likeness (QED) is 0.767. The van der Waals surface area contributed by atoms with Crippen LogP contribution in [0, 0.1) is 16.7 Å². The number of nitrogens with zero attached hydrogens (tertiary/aromatic N) is 2. The molecule has 94 valence electrons. The Balaban J connectivity index is 2.29. The molecule has 1 aromatic heterocycles. The lowest BCUT2D eigenvalue weighted by Crippen LogP contribution is -2.08. The van der Waals surface area contributed by atoms with Gasteiger partial charge in [0, 0.05) is 25.0 Å². The van der Waals surface area contributed by atoms with Crippen molar-refractivity contribution < 1.29 is 0 Å². The van der Waals surface area contributed by atoms with Crippen LogP contribution >= 0.6 is 0 Å². The first kappa shape index (κ1) is 13.8. The lowest BCUT2D eigenvalue weighted by Gasteiger charge is -2.14. The van der Waals surface area contributed by atoms with Gasteiger partial charge in [-0.2, -0.15) is 5.26 Å². The summed E-state index contributed by atoms with van der Waals surface area (Å²) in [6.07, 6.45) is 7.35. The summed E-state index contributed by atoms with van der Waals surface area (Å²) in [5.41, 5.74) is 6.80. The van der Waals surface area contributed by atoms with E-state index in [2.05, 4.69) is 29.1 Å². The fourth-order valence-electron chi connectivity index (χ4n) is 1.79. The molecular formula is C14H23N3. The summed E-state index contributed by atoms with van der Waals surface area (Å²) in [5.74, 6) is 0. The van der Waals surface area contributed by atoms with Crippen LogP contribution in [0.1, 0.15) is 51.6 Å². The topological polar surface area (TPSA) is 54.7 Å². The fraction of sp³-hybridized carbons (Fsp3) is 0.643. The van der Waals surface area contributed by atoms with E-state index in [-0.39, 0.29) is 11.5 Å². The van der Waals surface area contributed by atoms with Crippen molar-refractivity contribution in [2.45, 2.75) is 52.6 Å². The largest absolute Gasteiger partial charge is 0.354 e. The minimum absolute atomic E-state index is 0.105. The van der Waals surface area contributed by atoms with E-state index in [4.69, 9.17) is 11.0 Å². The third kappa shape index (κ3) is 4.62. The van der Waals surface area contributed by atoms with E-state index in [1.807, 2.05) is 20.8 Å². The Morgan fingerprint density at radius 2 is 2.18 bits per heavy atom. The molecule has 0 aliphatic carbocycles. The van der Waals surface area contributed by atoms with Crippen LogP contribution in [0.3, 0.4) is 0 Å². The van der Waals surface area contributed by atoms with Gasteiger partial charge in [0.1, 0.15) is 0 Å². The van der Waals surface area contributed by atoms with Crippen LogP contribution in [0.5, 0.6) is 0 Å². The van der Waals surface area contributed by atoms with Gasteiger partial charge < -0.3 is 10.3 Å². The van der Waals surface area contributed by atoms with Gasteiger partial charge in [-0.3, -0.25) is 0 Å². The summed E-state index contributed by atoms with van der Waals surface area (Å²) in [6.45, 7) is 7.00. The van der Waals surface area contributed by atoms with E-state index in [0.29, 0.717) is 0 Å². The van der Waals surface area contributed by atoms with Crippen molar-refractivity contribution in [3.63, 3.8) is 0 Å². The number of nitriles is 1. The first-order chi connectivity index (χ1) is 7.94. The molecule has 0 amide bonds. The van der Waals surface area contributed by atoms with Crippen LogP contribution in [0.4, 0.5) is 0 Å². The predicted octanol–water partition coefficient (Wildman–Crippen LogP) is 3.23. The highest BCUT2D eigenvalue weighted by Gasteiger charge is 2.15. The maximum absolute atomic E-state index is 8.91. The normalized spacial score (nSPS) is 13.4. The Morgan fingerprint density at radius 3 is 2.71 bits per heavy atom. The molecule has 0 bridgehead atoms. The van der Waals surface area contributed by atoms with Gasteiger partial charge in [0.15, 0.2) is 0 Å². The molecule has 1 heterocycles. The highest BCUT2D eigenvalue weighted by atomic mass is 14.9. The van der Waals surface area contributed by atoms with E-state index in [1.54, 1.807) is 0 Å². The van der Waals surface area contributed by atoms with Crippen LogP contribution in [-0.2, 0) is 6.54 Å². The second-order valence-electron chi connectivity index (χ2n) is 5.42. The number of rotatable bonds is 6. The zero-order valence-corrected chi connectivity index (χ0v) is 11.1. The van der Waals surface area contributed by atoms with Crippen molar-refractivity contribution in [2.24, 2.45) is 11.1 Å². The molecule has 0 radical (unpaired) electrons. The van der Waals surface area contributed by atoms with Gasteiger partial charge in [-0.25, -0.2) is 0 Å². The first-order valence-corrected chi connectivity index (χ1v) is 6.27. The average molecular weight is 233 g/mol. The Labute approximate surface area is 104 Å². The number of hydrogen-bond acceptors (Lipinski definition) is 2. The summed E-state index contributed by atoms with van der Waals surface area (Å²) in [4.78, 5) is 0. The third-order valence-electron chi connectivity index (χ3n) is 3.07. The lowest BCUT2D eigenvalue weighted by molar-refractivity contribution is 0.417. The number of hydrogen-bond donors (Lipinski definition) is 1.